The van der Waals surface area contributed by atoms with Gasteiger partial charge in [-0.1, -0.05) is 32.9 Å². The molecule has 0 aromatic heterocycles. The molecule has 0 saturated heterocycles. The fraction of sp³-hybridized carbons (Fsp3) is 0.571. The van der Waals surface area contributed by atoms with Crippen molar-refractivity contribution in [2.45, 2.75) is 46.8 Å². The lowest BCUT2D eigenvalue weighted by Gasteiger charge is -2.26. The Kier molecular flexibility index (Phi) is 3.98. The third-order valence-corrected chi connectivity index (χ3v) is 2.37. The quantitative estimate of drug-likeness (QED) is 0.847. The van der Waals surface area contributed by atoms with Gasteiger partial charge in [0.2, 0.25) is 0 Å². The lowest BCUT2D eigenvalue weighted by Crippen LogP contribution is -2.18. The van der Waals surface area contributed by atoms with Crippen LogP contribution in [0.3, 0.4) is 0 Å². The molecule has 0 fully saturated rings. The monoisotopic (exact) mass is 222 g/mol. The van der Waals surface area contributed by atoms with Crippen LogP contribution in [-0.2, 0) is 0 Å². The second kappa shape index (κ2) is 4.88. The topological polar surface area (TPSA) is 29.5 Å². The molecule has 2 nitrogen and oxygen atoms in total. The van der Waals surface area contributed by atoms with E-state index in [2.05, 4.69) is 0 Å². The van der Waals surface area contributed by atoms with Crippen LogP contribution in [0.5, 0.6) is 5.75 Å². The second-order valence-corrected chi connectivity index (χ2v) is 5.51. The van der Waals surface area contributed by atoms with Crippen molar-refractivity contribution < 1.29 is 9.84 Å². The van der Waals surface area contributed by atoms with E-state index >= 15 is 0 Å². The average Bonchev–Trinajstić information content (AvgIpc) is 2.14. The number of hydrogen-bond acceptors (Lipinski definition) is 2. The maximum Gasteiger partial charge on any atom is 0.120 e. The first-order chi connectivity index (χ1) is 7.30. The number of hydrogen-bond donors (Lipinski definition) is 1. The van der Waals surface area contributed by atoms with Gasteiger partial charge in [-0.15, -0.1) is 0 Å². The Morgan fingerprint density at radius 2 is 1.81 bits per heavy atom. The zero-order chi connectivity index (χ0) is 12.3. The van der Waals surface area contributed by atoms with Crippen molar-refractivity contribution in [2.75, 3.05) is 0 Å². The molecular formula is C14H22O2. The highest BCUT2D eigenvalue weighted by Crippen LogP contribution is 2.33. The Balaban J connectivity index is 2.90. The summed E-state index contributed by atoms with van der Waals surface area (Å²) in [6.45, 7) is 10.1. The van der Waals surface area contributed by atoms with Gasteiger partial charge in [-0.25, -0.2) is 0 Å². The summed E-state index contributed by atoms with van der Waals surface area (Å²) < 4.78 is 5.61. The van der Waals surface area contributed by atoms with E-state index in [4.69, 9.17) is 4.74 Å². The van der Waals surface area contributed by atoms with E-state index in [0.717, 1.165) is 11.3 Å². The van der Waals surface area contributed by atoms with Gasteiger partial charge in [-0.05, 0) is 37.0 Å². The molecule has 1 aromatic carbocycles. The Morgan fingerprint density at radius 3 is 2.31 bits per heavy atom. The van der Waals surface area contributed by atoms with Crippen LogP contribution in [0.2, 0.25) is 0 Å². The van der Waals surface area contributed by atoms with Gasteiger partial charge < -0.3 is 9.84 Å². The Morgan fingerprint density at radius 1 is 1.19 bits per heavy atom. The van der Waals surface area contributed by atoms with Gasteiger partial charge in [0.1, 0.15) is 5.75 Å². The Bertz CT molecular complexity index is 337. The minimum absolute atomic E-state index is 0.155. The number of benzene rings is 1. The lowest BCUT2D eigenvalue weighted by atomic mass is 9.85. The molecular weight excluding hydrogens is 200 g/mol. The molecule has 90 valence electrons. The second-order valence-electron chi connectivity index (χ2n) is 5.51. The van der Waals surface area contributed by atoms with E-state index in [1.54, 1.807) is 0 Å². The molecule has 0 radical (unpaired) electrons. The van der Waals surface area contributed by atoms with E-state index in [1.807, 2.05) is 58.9 Å². The zero-order valence-corrected chi connectivity index (χ0v) is 10.8. The van der Waals surface area contributed by atoms with Crippen molar-refractivity contribution in [3.05, 3.63) is 29.8 Å². The minimum Gasteiger partial charge on any atom is -0.491 e. The summed E-state index contributed by atoms with van der Waals surface area (Å²) in [6.07, 6.45) is -0.315. The van der Waals surface area contributed by atoms with E-state index in [1.165, 1.54) is 0 Å². The van der Waals surface area contributed by atoms with Gasteiger partial charge in [0.15, 0.2) is 0 Å². The molecule has 1 atom stereocenters. The molecule has 0 heterocycles. The van der Waals surface area contributed by atoms with E-state index in [9.17, 15) is 5.11 Å². The predicted octanol–water partition coefficient (Wildman–Crippen LogP) is 3.55. The van der Waals surface area contributed by atoms with Crippen molar-refractivity contribution >= 4 is 0 Å². The molecule has 0 aliphatic rings. The maximum atomic E-state index is 10.2. The summed E-state index contributed by atoms with van der Waals surface area (Å²) in [4.78, 5) is 0. The van der Waals surface area contributed by atoms with Crippen LogP contribution in [-0.4, -0.2) is 11.2 Å². The zero-order valence-electron chi connectivity index (χ0n) is 10.8. The number of rotatable bonds is 3. The Labute approximate surface area is 98.3 Å². The van der Waals surface area contributed by atoms with Gasteiger partial charge >= 0.3 is 0 Å². The normalized spacial score (nSPS) is 13.9. The fourth-order valence-electron chi connectivity index (χ4n) is 1.53. The average molecular weight is 222 g/mol. The molecule has 0 spiro atoms. The van der Waals surface area contributed by atoms with Crippen LogP contribution in [0.4, 0.5) is 0 Å². The summed E-state index contributed by atoms with van der Waals surface area (Å²) in [6, 6.07) is 7.68. The highest BCUT2D eigenvalue weighted by molar-refractivity contribution is 5.30. The van der Waals surface area contributed by atoms with Crippen molar-refractivity contribution in [1.29, 1.82) is 0 Å². The predicted molar refractivity (Wildman–Crippen MR) is 66.6 cm³/mol. The van der Waals surface area contributed by atoms with Gasteiger partial charge in [0.05, 0.1) is 12.2 Å². The first-order valence-electron chi connectivity index (χ1n) is 5.75. The third kappa shape index (κ3) is 3.53. The minimum atomic E-state index is -0.469. The summed E-state index contributed by atoms with van der Waals surface area (Å²) in [5, 5.41) is 10.2. The number of aliphatic hydroxyl groups excluding tert-OH is 1. The van der Waals surface area contributed by atoms with Crippen molar-refractivity contribution in [2.24, 2.45) is 5.41 Å². The molecule has 0 saturated carbocycles. The Hall–Kier alpha value is -1.02. The number of ether oxygens (including phenoxy) is 1. The summed E-state index contributed by atoms with van der Waals surface area (Å²) in [5.74, 6) is 0.816. The first-order valence-corrected chi connectivity index (χ1v) is 5.75. The highest BCUT2D eigenvalue weighted by atomic mass is 16.5. The smallest absolute Gasteiger partial charge is 0.120 e. The van der Waals surface area contributed by atoms with Crippen molar-refractivity contribution in [3.8, 4) is 5.75 Å². The fourth-order valence-corrected chi connectivity index (χ4v) is 1.53. The van der Waals surface area contributed by atoms with E-state index in [-0.39, 0.29) is 11.5 Å². The van der Waals surface area contributed by atoms with Crippen LogP contribution < -0.4 is 4.74 Å². The van der Waals surface area contributed by atoms with Crippen LogP contribution in [0.25, 0.3) is 0 Å². The maximum absolute atomic E-state index is 10.2. The summed E-state index contributed by atoms with van der Waals surface area (Å²) in [5.41, 5.74) is 0.752. The molecule has 1 aromatic rings. The molecule has 16 heavy (non-hydrogen) atoms. The van der Waals surface area contributed by atoms with Gasteiger partial charge in [0, 0.05) is 0 Å². The first kappa shape index (κ1) is 13.0. The van der Waals surface area contributed by atoms with Crippen LogP contribution in [0, 0.1) is 5.41 Å². The molecule has 0 amide bonds. The van der Waals surface area contributed by atoms with E-state index < -0.39 is 6.10 Å². The SMILES string of the molecule is CC(C)Oc1cccc(C(O)C(C)(C)C)c1. The summed E-state index contributed by atoms with van der Waals surface area (Å²) in [7, 11) is 0. The lowest BCUT2D eigenvalue weighted by molar-refractivity contribution is 0.0623. The molecule has 2 heteroatoms. The molecule has 0 aliphatic heterocycles. The molecule has 1 unspecified atom stereocenters. The van der Waals surface area contributed by atoms with Crippen LogP contribution in [0.15, 0.2) is 24.3 Å². The molecule has 1 rings (SSSR count). The highest BCUT2D eigenvalue weighted by Gasteiger charge is 2.23. The standard InChI is InChI=1S/C14H22O2/c1-10(2)16-12-8-6-7-11(9-12)13(15)14(3,4)5/h6-10,13,15H,1-5H3. The number of aliphatic hydroxyl groups is 1. The van der Waals surface area contributed by atoms with Crippen molar-refractivity contribution in [1.82, 2.24) is 0 Å². The van der Waals surface area contributed by atoms with Gasteiger partial charge in [-0.3, -0.25) is 0 Å². The molecule has 1 N–H and O–H groups in total. The molecule has 0 bridgehead atoms. The molecule has 0 aliphatic carbocycles. The van der Waals surface area contributed by atoms with Crippen LogP contribution in [0.1, 0.15) is 46.3 Å². The van der Waals surface area contributed by atoms with Crippen LogP contribution >= 0.6 is 0 Å². The van der Waals surface area contributed by atoms with Gasteiger partial charge in [-0.2, -0.15) is 0 Å². The summed E-state index contributed by atoms with van der Waals surface area (Å²) >= 11 is 0. The van der Waals surface area contributed by atoms with Crippen molar-refractivity contribution in [3.63, 3.8) is 0 Å². The van der Waals surface area contributed by atoms with Gasteiger partial charge in [0.25, 0.3) is 0 Å². The largest absolute Gasteiger partial charge is 0.491 e. The van der Waals surface area contributed by atoms with E-state index in [0.29, 0.717) is 0 Å². The third-order valence-electron chi connectivity index (χ3n) is 2.37.